The summed E-state index contributed by atoms with van der Waals surface area (Å²) in [5.41, 5.74) is 2.11. The molecule has 1 aromatic rings. The van der Waals surface area contributed by atoms with Gasteiger partial charge in [0.15, 0.2) is 5.78 Å². The summed E-state index contributed by atoms with van der Waals surface area (Å²) in [5.74, 6) is 0.732. The zero-order valence-electron chi connectivity index (χ0n) is 8.66. The number of likely N-dealkylation sites (N-methyl/N-ethyl adjacent to an activating group) is 1. The highest BCUT2D eigenvalue weighted by molar-refractivity contribution is 5.95. The highest BCUT2D eigenvalue weighted by Crippen LogP contribution is 2.28. The Morgan fingerprint density at radius 1 is 1.36 bits per heavy atom. The average molecular weight is 189 g/mol. The molecule has 1 aliphatic heterocycles. The lowest BCUT2D eigenvalue weighted by molar-refractivity contribution is 0.101. The molecule has 0 spiro atoms. The van der Waals surface area contributed by atoms with Gasteiger partial charge in [-0.15, -0.1) is 0 Å². The van der Waals surface area contributed by atoms with Gasteiger partial charge < -0.3 is 4.90 Å². The van der Waals surface area contributed by atoms with Crippen molar-refractivity contribution in [1.29, 1.82) is 0 Å². The third-order valence-corrected chi connectivity index (χ3v) is 2.84. The second-order valence-electron chi connectivity index (χ2n) is 4.06. The summed E-state index contributed by atoms with van der Waals surface area (Å²) in [7, 11) is 2.10. The van der Waals surface area contributed by atoms with Crippen LogP contribution in [0.15, 0.2) is 24.3 Å². The third-order valence-electron chi connectivity index (χ3n) is 2.84. The largest absolute Gasteiger partial charge is 0.305 e. The topological polar surface area (TPSA) is 20.3 Å². The van der Waals surface area contributed by atoms with E-state index in [0.29, 0.717) is 5.92 Å². The molecule has 0 saturated carbocycles. The van der Waals surface area contributed by atoms with Gasteiger partial charge in [0.1, 0.15) is 0 Å². The number of likely N-dealkylation sites (tertiary alicyclic amines) is 1. The zero-order valence-corrected chi connectivity index (χ0v) is 8.66. The molecule has 0 aromatic heterocycles. The highest BCUT2D eigenvalue weighted by atomic mass is 16.1. The fourth-order valence-electron chi connectivity index (χ4n) is 2.07. The summed E-state index contributed by atoms with van der Waals surface area (Å²) in [6, 6.07) is 7.95. The van der Waals surface area contributed by atoms with Crippen LogP contribution < -0.4 is 0 Å². The number of ketones is 1. The van der Waals surface area contributed by atoms with Crippen molar-refractivity contribution in [2.75, 3.05) is 20.1 Å². The molecule has 1 aliphatic rings. The van der Waals surface area contributed by atoms with Crippen molar-refractivity contribution in [3.8, 4) is 0 Å². The smallest absolute Gasteiger partial charge is 0.160 e. The molecule has 0 unspecified atom stereocenters. The molecule has 1 heterocycles. The van der Waals surface area contributed by atoms with Crippen LogP contribution in [0.25, 0.3) is 0 Å². The predicted molar refractivity (Wildman–Crippen MR) is 56.7 cm³/mol. The summed E-state index contributed by atoms with van der Waals surface area (Å²) < 4.78 is 0. The minimum atomic E-state index is 0.176. The van der Waals surface area contributed by atoms with Crippen LogP contribution in [0.2, 0.25) is 0 Å². The summed E-state index contributed by atoms with van der Waals surface area (Å²) in [6.45, 7) is 3.79. The van der Waals surface area contributed by atoms with Gasteiger partial charge in [-0.2, -0.15) is 0 Å². The van der Waals surface area contributed by atoms with Crippen molar-refractivity contribution in [2.45, 2.75) is 12.8 Å². The highest BCUT2D eigenvalue weighted by Gasteiger charge is 2.27. The lowest BCUT2D eigenvalue weighted by Crippen LogP contribution is -2.42. The van der Waals surface area contributed by atoms with E-state index in [-0.39, 0.29) is 5.78 Å². The molecule has 2 heteroatoms. The van der Waals surface area contributed by atoms with E-state index in [1.807, 2.05) is 18.2 Å². The number of benzene rings is 1. The van der Waals surface area contributed by atoms with Gasteiger partial charge in [-0.05, 0) is 19.5 Å². The molecule has 0 amide bonds. The maximum Gasteiger partial charge on any atom is 0.160 e. The van der Waals surface area contributed by atoms with E-state index in [4.69, 9.17) is 0 Å². The minimum absolute atomic E-state index is 0.176. The number of nitrogens with zero attached hydrogens (tertiary/aromatic N) is 1. The monoisotopic (exact) mass is 189 g/mol. The molecule has 1 saturated heterocycles. The Labute approximate surface area is 84.5 Å². The van der Waals surface area contributed by atoms with Gasteiger partial charge in [-0.1, -0.05) is 24.3 Å². The van der Waals surface area contributed by atoms with Crippen LogP contribution in [0.5, 0.6) is 0 Å². The molecule has 1 aromatic carbocycles. The Morgan fingerprint density at radius 2 is 2.00 bits per heavy atom. The maximum absolute atomic E-state index is 11.4. The van der Waals surface area contributed by atoms with Gasteiger partial charge in [0.05, 0.1) is 0 Å². The molecule has 0 radical (unpaired) electrons. The molecule has 0 atom stereocenters. The number of Topliss-reactive ketones (excluding diaryl/α,β-unsaturated/α-hetero) is 1. The van der Waals surface area contributed by atoms with E-state index in [9.17, 15) is 4.79 Å². The third kappa shape index (κ3) is 1.58. The standard InChI is InChI=1S/C12H15NO/c1-9(14)11-5-3-4-6-12(11)10-7-13(2)8-10/h3-6,10H,7-8H2,1-2H3. The van der Waals surface area contributed by atoms with Crippen LogP contribution >= 0.6 is 0 Å². The van der Waals surface area contributed by atoms with Crippen LogP contribution in [0, 0.1) is 0 Å². The molecule has 0 aliphatic carbocycles. The second-order valence-corrected chi connectivity index (χ2v) is 4.06. The Bertz CT molecular complexity index is 353. The fourth-order valence-corrected chi connectivity index (χ4v) is 2.07. The Balaban J connectivity index is 2.28. The Hall–Kier alpha value is -1.15. The van der Waals surface area contributed by atoms with Crippen molar-refractivity contribution in [2.24, 2.45) is 0 Å². The molecule has 2 rings (SSSR count). The Kier molecular flexibility index (Phi) is 2.38. The van der Waals surface area contributed by atoms with E-state index in [1.165, 1.54) is 5.56 Å². The van der Waals surface area contributed by atoms with Crippen LogP contribution in [0.3, 0.4) is 0 Å². The molecular weight excluding hydrogens is 174 g/mol. The van der Waals surface area contributed by atoms with Gasteiger partial charge in [-0.3, -0.25) is 4.79 Å². The van der Waals surface area contributed by atoms with Crippen LogP contribution in [-0.4, -0.2) is 30.8 Å². The first-order chi connectivity index (χ1) is 6.68. The maximum atomic E-state index is 11.4. The lowest BCUT2D eigenvalue weighted by Gasteiger charge is -2.37. The first-order valence-corrected chi connectivity index (χ1v) is 4.97. The van der Waals surface area contributed by atoms with E-state index in [1.54, 1.807) is 6.92 Å². The quantitative estimate of drug-likeness (QED) is 0.662. The fraction of sp³-hybridized carbons (Fsp3) is 0.417. The molecule has 0 N–H and O–H groups in total. The zero-order chi connectivity index (χ0) is 10.1. The number of carbonyl (C=O) groups is 1. The van der Waals surface area contributed by atoms with Crippen LogP contribution in [0.1, 0.15) is 28.8 Å². The molecule has 14 heavy (non-hydrogen) atoms. The van der Waals surface area contributed by atoms with Gasteiger partial charge >= 0.3 is 0 Å². The number of hydrogen-bond donors (Lipinski definition) is 0. The molecule has 0 bridgehead atoms. The number of rotatable bonds is 2. The lowest BCUT2D eigenvalue weighted by atomic mass is 9.87. The summed E-state index contributed by atoms with van der Waals surface area (Å²) in [6.07, 6.45) is 0. The molecule has 1 fully saturated rings. The van der Waals surface area contributed by atoms with Crippen molar-refractivity contribution < 1.29 is 4.79 Å². The van der Waals surface area contributed by atoms with Gasteiger partial charge in [-0.25, -0.2) is 0 Å². The van der Waals surface area contributed by atoms with Gasteiger partial charge in [0, 0.05) is 24.6 Å². The van der Waals surface area contributed by atoms with Gasteiger partial charge in [0.2, 0.25) is 0 Å². The van der Waals surface area contributed by atoms with Crippen molar-refractivity contribution in [3.63, 3.8) is 0 Å². The Morgan fingerprint density at radius 3 is 2.57 bits per heavy atom. The average Bonchev–Trinajstić information content (AvgIpc) is 2.13. The SMILES string of the molecule is CC(=O)c1ccccc1C1CN(C)C1. The first-order valence-electron chi connectivity index (χ1n) is 4.97. The minimum Gasteiger partial charge on any atom is -0.305 e. The van der Waals surface area contributed by atoms with E-state index < -0.39 is 0 Å². The van der Waals surface area contributed by atoms with E-state index in [0.717, 1.165) is 18.7 Å². The summed E-state index contributed by atoms with van der Waals surface area (Å²) in [4.78, 5) is 13.6. The molecule has 2 nitrogen and oxygen atoms in total. The second kappa shape index (κ2) is 3.54. The molecule has 74 valence electrons. The number of carbonyl (C=O) groups excluding carboxylic acids is 1. The normalized spacial score (nSPS) is 17.9. The van der Waals surface area contributed by atoms with Crippen molar-refractivity contribution in [3.05, 3.63) is 35.4 Å². The van der Waals surface area contributed by atoms with Crippen LogP contribution in [-0.2, 0) is 0 Å². The predicted octanol–water partition coefficient (Wildman–Crippen LogP) is 1.92. The van der Waals surface area contributed by atoms with E-state index >= 15 is 0 Å². The van der Waals surface area contributed by atoms with Crippen molar-refractivity contribution in [1.82, 2.24) is 4.90 Å². The summed E-state index contributed by atoms with van der Waals surface area (Å²) in [5, 5.41) is 0. The first kappa shape index (κ1) is 9.41. The number of hydrogen-bond acceptors (Lipinski definition) is 2. The van der Waals surface area contributed by atoms with Gasteiger partial charge in [0.25, 0.3) is 0 Å². The molecular formula is C12H15NO. The van der Waals surface area contributed by atoms with E-state index in [2.05, 4.69) is 18.0 Å². The van der Waals surface area contributed by atoms with Crippen molar-refractivity contribution >= 4 is 5.78 Å². The summed E-state index contributed by atoms with van der Waals surface area (Å²) >= 11 is 0. The van der Waals surface area contributed by atoms with Crippen LogP contribution in [0.4, 0.5) is 0 Å².